The first-order chi connectivity index (χ1) is 13.8. The molecule has 1 aliphatic rings. The van der Waals surface area contributed by atoms with E-state index in [4.69, 9.17) is 4.74 Å². The molecule has 2 aromatic rings. The lowest BCUT2D eigenvalue weighted by Crippen LogP contribution is -2.31. The first kappa shape index (κ1) is 20.7. The molecule has 1 N–H and O–H groups in total. The number of benzene rings is 1. The third kappa shape index (κ3) is 4.04. The van der Waals surface area contributed by atoms with E-state index in [0.29, 0.717) is 11.3 Å². The lowest BCUT2D eigenvalue weighted by Gasteiger charge is -2.26. The van der Waals surface area contributed by atoms with Crippen molar-refractivity contribution < 1.29 is 14.6 Å². The van der Waals surface area contributed by atoms with Crippen LogP contribution >= 0.6 is 0 Å². The van der Waals surface area contributed by atoms with Crippen LogP contribution in [-0.4, -0.2) is 21.6 Å². The van der Waals surface area contributed by atoms with Gasteiger partial charge in [0.15, 0.2) is 5.78 Å². The maximum atomic E-state index is 13.2. The Balaban J connectivity index is 2.09. The summed E-state index contributed by atoms with van der Waals surface area (Å²) in [7, 11) is 0. The molecule has 3 rings (SSSR count). The standard InChI is InChI=1S/C23H26N2O4/c1-14(2)29-18-11-9-16(10-12-18)21(26)20-15(3)19(13-24)22(27)25(23(20)28)17-7-5-4-6-8-17/h9-12,14,17,28H,4-8H2,1-3H3. The van der Waals surface area contributed by atoms with Crippen molar-refractivity contribution in [3.63, 3.8) is 0 Å². The molecule has 0 atom stereocenters. The maximum Gasteiger partial charge on any atom is 0.271 e. The Morgan fingerprint density at radius 3 is 2.38 bits per heavy atom. The summed E-state index contributed by atoms with van der Waals surface area (Å²) < 4.78 is 6.86. The van der Waals surface area contributed by atoms with E-state index in [9.17, 15) is 20.0 Å². The second-order valence-electron chi connectivity index (χ2n) is 7.80. The van der Waals surface area contributed by atoms with E-state index in [2.05, 4.69) is 0 Å². The molecule has 1 saturated carbocycles. The highest BCUT2D eigenvalue weighted by Crippen LogP contribution is 2.33. The average molecular weight is 394 g/mol. The van der Waals surface area contributed by atoms with Gasteiger partial charge in [-0.3, -0.25) is 14.2 Å². The fraction of sp³-hybridized carbons (Fsp3) is 0.435. The fourth-order valence-corrected chi connectivity index (χ4v) is 3.97. The van der Waals surface area contributed by atoms with Crippen LogP contribution < -0.4 is 10.3 Å². The predicted molar refractivity (Wildman–Crippen MR) is 110 cm³/mol. The molecule has 0 aliphatic heterocycles. The molecule has 1 fully saturated rings. The number of nitrogens with zero attached hydrogens (tertiary/aromatic N) is 2. The van der Waals surface area contributed by atoms with E-state index in [1.165, 1.54) is 11.5 Å². The summed E-state index contributed by atoms with van der Waals surface area (Å²) in [5.74, 6) is -0.120. The normalized spacial score (nSPS) is 14.6. The Hall–Kier alpha value is -3.07. The molecule has 6 nitrogen and oxygen atoms in total. The molecule has 1 aromatic heterocycles. The largest absolute Gasteiger partial charge is 0.494 e. The van der Waals surface area contributed by atoms with Crippen molar-refractivity contribution in [3.05, 3.63) is 56.9 Å². The van der Waals surface area contributed by atoms with Crippen LogP contribution in [0.4, 0.5) is 0 Å². The molecular weight excluding hydrogens is 368 g/mol. The topological polar surface area (TPSA) is 92.3 Å². The Morgan fingerprint density at radius 2 is 1.83 bits per heavy atom. The molecule has 0 bridgehead atoms. The Kier molecular flexibility index (Phi) is 6.07. The Labute approximate surface area is 170 Å². The van der Waals surface area contributed by atoms with E-state index in [-0.39, 0.29) is 34.7 Å². The molecule has 0 amide bonds. The first-order valence-corrected chi connectivity index (χ1v) is 10.0. The van der Waals surface area contributed by atoms with Crippen LogP contribution in [0.25, 0.3) is 0 Å². The van der Waals surface area contributed by atoms with Gasteiger partial charge in [-0.25, -0.2) is 0 Å². The minimum absolute atomic E-state index is 0.0140. The van der Waals surface area contributed by atoms with Gasteiger partial charge in [0.05, 0.1) is 11.7 Å². The molecule has 1 aliphatic carbocycles. The van der Waals surface area contributed by atoms with Crippen molar-refractivity contribution in [1.82, 2.24) is 4.57 Å². The van der Waals surface area contributed by atoms with Crippen LogP contribution in [0.1, 0.15) is 79.0 Å². The van der Waals surface area contributed by atoms with Crippen molar-refractivity contribution in [2.24, 2.45) is 0 Å². The van der Waals surface area contributed by atoms with Crippen LogP contribution in [0.2, 0.25) is 0 Å². The summed E-state index contributed by atoms with van der Waals surface area (Å²) in [5, 5.41) is 20.5. The molecular formula is C23H26N2O4. The second kappa shape index (κ2) is 8.52. The third-order valence-electron chi connectivity index (χ3n) is 5.40. The van der Waals surface area contributed by atoms with Gasteiger partial charge in [0.2, 0.25) is 5.88 Å². The van der Waals surface area contributed by atoms with Crippen molar-refractivity contribution in [1.29, 1.82) is 5.26 Å². The van der Waals surface area contributed by atoms with Crippen molar-refractivity contribution in [2.75, 3.05) is 0 Å². The number of aromatic hydroxyl groups is 1. The molecule has 6 heteroatoms. The number of hydrogen-bond donors (Lipinski definition) is 1. The van der Waals surface area contributed by atoms with E-state index < -0.39 is 11.3 Å². The number of rotatable bonds is 5. The highest BCUT2D eigenvalue weighted by molar-refractivity contribution is 6.11. The number of ketones is 1. The number of carbonyl (C=O) groups excluding carboxylic acids is 1. The van der Waals surface area contributed by atoms with Gasteiger partial charge in [-0.05, 0) is 63.4 Å². The number of pyridine rings is 1. The fourth-order valence-electron chi connectivity index (χ4n) is 3.97. The second-order valence-corrected chi connectivity index (χ2v) is 7.80. The predicted octanol–water partition coefficient (Wildman–Crippen LogP) is 4.26. The van der Waals surface area contributed by atoms with Gasteiger partial charge < -0.3 is 9.84 Å². The highest BCUT2D eigenvalue weighted by Gasteiger charge is 2.28. The molecule has 1 heterocycles. The van der Waals surface area contributed by atoms with Crippen molar-refractivity contribution in [3.8, 4) is 17.7 Å². The maximum absolute atomic E-state index is 13.2. The molecule has 1 aromatic carbocycles. The SMILES string of the molecule is Cc1c(C(=O)c2ccc(OC(C)C)cc2)c(O)n(C2CCCCC2)c(=O)c1C#N. The summed E-state index contributed by atoms with van der Waals surface area (Å²) in [5.41, 5.74) is -0.0147. The minimum atomic E-state index is -0.522. The zero-order chi connectivity index (χ0) is 21.1. The summed E-state index contributed by atoms with van der Waals surface area (Å²) in [6.07, 6.45) is 4.49. The van der Waals surface area contributed by atoms with Crippen LogP contribution in [-0.2, 0) is 0 Å². The Morgan fingerprint density at radius 1 is 1.21 bits per heavy atom. The summed E-state index contributed by atoms with van der Waals surface area (Å²) in [6, 6.07) is 8.38. The molecule has 0 radical (unpaired) electrons. The van der Waals surface area contributed by atoms with Gasteiger partial charge in [-0.2, -0.15) is 5.26 Å². The van der Waals surface area contributed by atoms with Crippen LogP contribution in [0.3, 0.4) is 0 Å². The van der Waals surface area contributed by atoms with Crippen LogP contribution in [0.15, 0.2) is 29.1 Å². The first-order valence-electron chi connectivity index (χ1n) is 10.0. The van der Waals surface area contributed by atoms with Crippen LogP contribution in [0, 0.1) is 18.3 Å². The smallest absolute Gasteiger partial charge is 0.271 e. The number of nitriles is 1. The zero-order valence-corrected chi connectivity index (χ0v) is 17.1. The van der Waals surface area contributed by atoms with E-state index >= 15 is 0 Å². The lowest BCUT2D eigenvalue weighted by atomic mass is 9.93. The summed E-state index contributed by atoms with van der Waals surface area (Å²) in [4.78, 5) is 26.1. The number of carbonyl (C=O) groups is 1. The third-order valence-corrected chi connectivity index (χ3v) is 5.40. The van der Waals surface area contributed by atoms with E-state index in [1.54, 1.807) is 24.3 Å². The molecule has 29 heavy (non-hydrogen) atoms. The number of hydrogen-bond acceptors (Lipinski definition) is 5. The van der Waals surface area contributed by atoms with Gasteiger partial charge in [-0.1, -0.05) is 19.3 Å². The average Bonchev–Trinajstić information content (AvgIpc) is 2.69. The monoisotopic (exact) mass is 394 g/mol. The number of ether oxygens (including phenoxy) is 1. The van der Waals surface area contributed by atoms with Crippen molar-refractivity contribution >= 4 is 5.78 Å². The van der Waals surface area contributed by atoms with Gasteiger partial charge in [-0.15, -0.1) is 0 Å². The van der Waals surface area contributed by atoms with Gasteiger partial charge >= 0.3 is 0 Å². The van der Waals surface area contributed by atoms with Crippen molar-refractivity contribution in [2.45, 2.75) is 65.0 Å². The minimum Gasteiger partial charge on any atom is -0.494 e. The molecule has 0 spiro atoms. The van der Waals surface area contributed by atoms with E-state index in [1.807, 2.05) is 19.9 Å². The lowest BCUT2D eigenvalue weighted by molar-refractivity contribution is 0.103. The highest BCUT2D eigenvalue weighted by atomic mass is 16.5. The Bertz CT molecular complexity index is 1010. The zero-order valence-electron chi connectivity index (χ0n) is 17.1. The van der Waals surface area contributed by atoms with Crippen LogP contribution in [0.5, 0.6) is 11.6 Å². The molecule has 0 unspecified atom stereocenters. The molecule has 0 saturated heterocycles. The van der Waals surface area contributed by atoms with Gasteiger partial charge in [0, 0.05) is 11.6 Å². The van der Waals surface area contributed by atoms with E-state index in [0.717, 1.165) is 32.1 Å². The summed E-state index contributed by atoms with van der Waals surface area (Å²) in [6.45, 7) is 5.37. The quantitative estimate of drug-likeness (QED) is 0.765. The van der Waals surface area contributed by atoms with Gasteiger partial charge in [0.25, 0.3) is 5.56 Å². The summed E-state index contributed by atoms with van der Waals surface area (Å²) >= 11 is 0. The molecule has 152 valence electrons. The number of aromatic nitrogens is 1. The van der Waals surface area contributed by atoms with Gasteiger partial charge in [0.1, 0.15) is 17.4 Å².